The van der Waals surface area contributed by atoms with Crippen molar-refractivity contribution in [2.45, 2.75) is 27.3 Å². The summed E-state index contributed by atoms with van der Waals surface area (Å²) in [6.45, 7) is 6.07. The van der Waals surface area contributed by atoms with E-state index in [2.05, 4.69) is 5.32 Å². The van der Waals surface area contributed by atoms with Gasteiger partial charge in [-0.15, -0.1) is 0 Å². The summed E-state index contributed by atoms with van der Waals surface area (Å²) in [5.74, 6) is -1.11. The van der Waals surface area contributed by atoms with Crippen LogP contribution in [0.1, 0.15) is 27.8 Å². The SMILES string of the molecule is Cc1ccc(CN2C(=O)C(Nc3ccc(F)cc3)=C(c3ccc(C)cc3C)C2=O)cc1. The Balaban J connectivity index is 1.76. The van der Waals surface area contributed by atoms with E-state index in [1.807, 2.05) is 63.2 Å². The monoisotopic (exact) mass is 414 g/mol. The standard InChI is InChI=1S/C26H23FN2O2/c1-16-4-7-19(8-5-16)15-29-25(30)23(22-13-6-17(2)14-18(22)3)24(26(29)31)28-21-11-9-20(27)10-12-21/h4-14,28H,15H2,1-3H3. The summed E-state index contributed by atoms with van der Waals surface area (Å²) in [7, 11) is 0. The number of hydrogen-bond acceptors (Lipinski definition) is 3. The second kappa shape index (κ2) is 8.19. The van der Waals surface area contributed by atoms with Gasteiger partial charge in [0, 0.05) is 5.69 Å². The Morgan fingerprint density at radius 3 is 2.10 bits per heavy atom. The summed E-state index contributed by atoms with van der Waals surface area (Å²) in [5, 5.41) is 3.06. The molecule has 3 aromatic carbocycles. The number of nitrogens with one attached hydrogen (secondary N) is 1. The molecule has 4 rings (SSSR count). The average molecular weight is 414 g/mol. The van der Waals surface area contributed by atoms with Gasteiger partial charge >= 0.3 is 0 Å². The van der Waals surface area contributed by atoms with E-state index in [9.17, 15) is 14.0 Å². The van der Waals surface area contributed by atoms with E-state index in [1.165, 1.54) is 17.0 Å². The van der Waals surface area contributed by atoms with E-state index in [-0.39, 0.29) is 24.0 Å². The lowest BCUT2D eigenvalue weighted by Crippen LogP contribution is -2.32. The van der Waals surface area contributed by atoms with Gasteiger partial charge in [0.15, 0.2) is 0 Å². The Bertz CT molecular complexity index is 1200. The van der Waals surface area contributed by atoms with Crippen molar-refractivity contribution in [3.05, 3.63) is 106 Å². The van der Waals surface area contributed by atoms with Crippen molar-refractivity contribution in [2.75, 3.05) is 5.32 Å². The predicted octanol–water partition coefficient (Wildman–Crippen LogP) is 5.14. The molecule has 5 heteroatoms. The molecule has 31 heavy (non-hydrogen) atoms. The molecular weight excluding hydrogens is 391 g/mol. The minimum Gasteiger partial charge on any atom is -0.350 e. The van der Waals surface area contributed by atoms with Crippen LogP contribution >= 0.6 is 0 Å². The first-order valence-corrected chi connectivity index (χ1v) is 10.1. The summed E-state index contributed by atoms with van der Waals surface area (Å²) in [4.78, 5) is 28.0. The number of carbonyl (C=O) groups is 2. The average Bonchev–Trinajstić information content (AvgIpc) is 2.96. The molecule has 1 aliphatic heterocycles. The predicted molar refractivity (Wildman–Crippen MR) is 120 cm³/mol. The third-order valence-corrected chi connectivity index (χ3v) is 5.39. The van der Waals surface area contributed by atoms with E-state index in [1.54, 1.807) is 12.1 Å². The minimum absolute atomic E-state index is 0.182. The third-order valence-electron chi connectivity index (χ3n) is 5.39. The van der Waals surface area contributed by atoms with Gasteiger partial charge in [-0.3, -0.25) is 14.5 Å². The molecule has 0 bridgehead atoms. The molecule has 1 heterocycles. The summed E-state index contributed by atoms with van der Waals surface area (Å²) in [5.41, 5.74) is 5.74. The van der Waals surface area contributed by atoms with Crippen molar-refractivity contribution >= 4 is 23.1 Å². The van der Waals surface area contributed by atoms with E-state index >= 15 is 0 Å². The topological polar surface area (TPSA) is 49.4 Å². The lowest BCUT2D eigenvalue weighted by Gasteiger charge is -2.16. The molecule has 0 spiro atoms. The zero-order valence-corrected chi connectivity index (χ0v) is 17.7. The number of halogens is 1. The number of benzene rings is 3. The highest BCUT2D eigenvalue weighted by Crippen LogP contribution is 2.33. The number of aryl methyl sites for hydroxylation is 3. The number of anilines is 1. The van der Waals surface area contributed by atoms with Gasteiger partial charge in [0.05, 0.1) is 12.1 Å². The molecule has 0 saturated heterocycles. The fourth-order valence-corrected chi connectivity index (χ4v) is 3.73. The van der Waals surface area contributed by atoms with Gasteiger partial charge in [-0.05, 0) is 61.7 Å². The van der Waals surface area contributed by atoms with Crippen LogP contribution in [0.25, 0.3) is 5.57 Å². The maximum atomic E-state index is 13.4. The van der Waals surface area contributed by atoms with Crippen molar-refractivity contribution in [2.24, 2.45) is 0 Å². The van der Waals surface area contributed by atoms with Crippen LogP contribution in [0, 0.1) is 26.6 Å². The van der Waals surface area contributed by atoms with Crippen LogP contribution in [-0.4, -0.2) is 16.7 Å². The molecule has 0 aromatic heterocycles. The smallest absolute Gasteiger partial charge is 0.278 e. The normalized spacial score (nSPS) is 13.9. The number of carbonyl (C=O) groups excluding carboxylic acids is 2. The Kier molecular flexibility index (Phi) is 5.42. The number of amides is 2. The summed E-state index contributed by atoms with van der Waals surface area (Å²) < 4.78 is 13.3. The lowest BCUT2D eigenvalue weighted by atomic mass is 9.97. The van der Waals surface area contributed by atoms with Gasteiger partial charge < -0.3 is 5.32 Å². The maximum Gasteiger partial charge on any atom is 0.278 e. The maximum absolute atomic E-state index is 13.4. The van der Waals surface area contributed by atoms with Crippen molar-refractivity contribution in [3.8, 4) is 0 Å². The van der Waals surface area contributed by atoms with Gasteiger partial charge in [-0.2, -0.15) is 0 Å². The molecule has 1 N–H and O–H groups in total. The fourth-order valence-electron chi connectivity index (χ4n) is 3.73. The van der Waals surface area contributed by atoms with Crippen molar-refractivity contribution in [1.82, 2.24) is 4.90 Å². The zero-order valence-electron chi connectivity index (χ0n) is 17.7. The summed E-state index contributed by atoms with van der Waals surface area (Å²) >= 11 is 0. The van der Waals surface area contributed by atoms with Gasteiger partial charge in [-0.25, -0.2) is 4.39 Å². The Labute approximate surface area is 181 Å². The van der Waals surface area contributed by atoms with E-state index in [4.69, 9.17) is 0 Å². The molecule has 0 aliphatic carbocycles. The van der Waals surface area contributed by atoms with Crippen LogP contribution in [0.5, 0.6) is 0 Å². The largest absolute Gasteiger partial charge is 0.350 e. The van der Waals surface area contributed by atoms with E-state index in [0.717, 1.165) is 22.3 Å². The zero-order chi connectivity index (χ0) is 22.1. The first kappa shape index (κ1) is 20.5. The molecule has 3 aromatic rings. The third kappa shape index (κ3) is 4.12. The highest BCUT2D eigenvalue weighted by Gasteiger charge is 2.39. The number of nitrogens with zero attached hydrogens (tertiary/aromatic N) is 1. The molecule has 2 amide bonds. The molecule has 4 nitrogen and oxygen atoms in total. The fraction of sp³-hybridized carbons (Fsp3) is 0.154. The highest BCUT2D eigenvalue weighted by molar-refractivity contribution is 6.36. The second-order valence-corrected chi connectivity index (χ2v) is 7.88. The Morgan fingerprint density at radius 2 is 1.45 bits per heavy atom. The molecule has 0 radical (unpaired) electrons. The van der Waals surface area contributed by atoms with Crippen LogP contribution in [0.15, 0.2) is 72.4 Å². The number of rotatable bonds is 5. The Morgan fingerprint density at radius 1 is 0.806 bits per heavy atom. The molecule has 0 atom stereocenters. The second-order valence-electron chi connectivity index (χ2n) is 7.88. The lowest BCUT2D eigenvalue weighted by molar-refractivity contribution is -0.137. The number of imide groups is 1. The molecule has 156 valence electrons. The van der Waals surface area contributed by atoms with Gasteiger partial charge in [0.1, 0.15) is 11.5 Å². The van der Waals surface area contributed by atoms with Crippen LogP contribution < -0.4 is 5.32 Å². The molecular formula is C26H23FN2O2. The van der Waals surface area contributed by atoms with Crippen LogP contribution in [0.2, 0.25) is 0 Å². The molecule has 1 aliphatic rings. The molecule has 0 fully saturated rings. The quantitative estimate of drug-likeness (QED) is 0.588. The molecule has 0 unspecified atom stereocenters. The summed E-state index contributed by atoms with van der Waals surface area (Å²) in [6.07, 6.45) is 0. The Hall–Kier alpha value is -3.73. The van der Waals surface area contributed by atoms with Crippen LogP contribution in [-0.2, 0) is 16.1 Å². The van der Waals surface area contributed by atoms with Crippen LogP contribution in [0.3, 0.4) is 0 Å². The highest BCUT2D eigenvalue weighted by atomic mass is 19.1. The summed E-state index contributed by atoms with van der Waals surface area (Å²) in [6, 6.07) is 19.2. The van der Waals surface area contributed by atoms with E-state index < -0.39 is 5.91 Å². The number of hydrogen-bond donors (Lipinski definition) is 1. The van der Waals surface area contributed by atoms with Crippen molar-refractivity contribution < 1.29 is 14.0 Å². The van der Waals surface area contributed by atoms with Crippen LogP contribution in [0.4, 0.5) is 10.1 Å². The van der Waals surface area contributed by atoms with Crippen molar-refractivity contribution in [3.63, 3.8) is 0 Å². The van der Waals surface area contributed by atoms with Crippen molar-refractivity contribution in [1.29, 1.82) is 0 Å². The first-order valence-electron chi connectivity index (χ1n) is 10.1. The van der Waals surface area contributed by atoms with Gasteiger partial charge in [0.2, 0.25) is 0 Å². The first-order chi connectivity index (χ1) is 14.8. The molecule has 0 saturated carbocycles. The van der Waals surface area contributed by atoms with Gasteiger partial charge in [0.25, 0.3) is 11.8 Å². The van der Waals surface area contributed by atoms with E-state index in [0.29, 0.717) is 16.8 Å². The van der Waals surface area contributed by atoms with Gasteiger partial charge in [-0.1, -0.05) is 53.6 Å². The minimum atomic E-state index is -0.398.